The minimum Gasteiger partial charge on any atom is -0.465 e. The van der Waals surface area contributed by atoms with Crippen molar-refractivity contribution >= 4 is 32.0 Å². The quantitative estimate of drug-likeness (QED) is 0.192. The molecule has 7 nitrogen and oxygen atoms in total. The summed E-state index contributed by atoms with van der Waals surface area (Å²) in [5.74, 6) is -0.375. The van der Waals surface area contributed by atoms with Gasteiger partial charge in [-0.15, -0.1) is 0 Å². The summed E-state index contributed by atoms with van der Waals surface area (Å²) in [7, 11) is -0.876. The number of hydrogen-bond donors (Lipinski definition) is 0. The summed E-state index contributed by atoms with van der Waals surface area (Å²) in [5, 5.41) is 0.384. The molecule has 3 rings (SSSR count). The molecule has 0 bridgehead atoms. The molecule has 1 fully saturated rings. The molecular weight excluding hydrogens is 532 g/mol. The van der Waals surface area contributed by atoms with E-state index < -0.39 is 13.9 Å². The normalized spacial score (nSPS) is 19.1. The molecule has 1 aromatic heterocycles. The van der Waals surface area contributed by atoms with Crippen LogP contribution in [0.5, 0.6) is 0 Å². The first-order chi connectivity index (χ1) is 18.0. The lowest BCUT2D eigenvalue weighted by molar-refractivity contribution is -0.00244. The molecule has 0 radical (unpaired) electrons. The number of esters is 1. The monoisotopic (exact) mass is 574 g/mol. The molecule has 9 heteroatoms. The molecule has 0 N–H and O–H groups in total. The van der Waals surface area contributed by atoms with Crippen LogP contribution in [0.1, 0.15) is 82.0 Å². The second-order valence-electron chi connectivity index (χ2n) is 12.8. The average Bonchev–Trinajstić information content (AvgIpc) is 3.24. The predicted octanol–water partition coefficient (Wildman–Crippen LogP) is 7.60. The maximum Gasteiger partial charge on any atom is 0.410 e. The highest BCUT2D eigenvalue weighted by Gasteiger charge is 2.47. The zero-order valence-corrected chi connectivity index (χ0v) is 26.5. The van der Waals surface area contributed by atoms with E-state index in [1.807, 2.05) is 43.9 Å². The number of carbonyl (C=O) groups is 2. The summed E-state index contributed by atoms with van der Waals surface area (Å²) < 4.78 is 17.8. The van der Waals surface area contributed by atoms with Crippen LogP contribution in [0.2, 0.25) is 23.3 Å². The Hall–Kier alpha value is -2.42. The number of ether oxygens (including phenoxy) is 2. The highest BCUT2D eigenvalue weighted by molar-refractivity contribution is 6.74. The Morgan fingerprint density at radius 3 is 2.21 bits per heavy atom. The van der Waals surface area contributed by atoms with E-state index in [2.05, 4.69) is 38.8 Å². The molecule has 0 saturated carbocycles. The molecule has 0 spiro atoms. The van der Waals surface area contributed by atoms with E-state index in [1.54, 1.807) is 24.4 Å². The van der Waals surface area contributed by atoms with Crippen LogP contribution < -0.4 is 0 Å². The van der Waals surface area contributed by atoms with Crippen molar-refractivity contribution < 1.29 is 23.5 Å². The lowest BCUT2D eigenvalue weighted by Crippen LogP contribution is -2.50. The SMILES string of the molecule is COC(=O)c1ccc(CC2CC[C@H]([C@H](O[Si](C)(C)C(C)(C)C)c3ccc(Cl)nc3)N2C(=O)OC(C)(C)C)cc1. The van der Waals surface area contributed by atoms with E-state index in [1.165, 1.54) is 7.11 Å². The van der Waals surface area contributed by atoms with Crippen molar-refractivity contribution in [1.82, 2.24) is 9.88 Å². The third kappa shape index (κ3) is 7.83. The van der Waals surface area contributed by atoms with Gasteiger partial charge in [-0.3, -0.25) is 4.90 Å². The van der Waals surface area contributed by atoms with Crippen LogP contribution >= 0.6 is 11.6 Å². The molecule has 3 atom stereocenters. The Morgan fingerprint density at radius 1 is 1.05 bits per heavy atom. The molecule has 1 aliphatic rings. The molecule has 1 unspecified atom stereocenters. The van der Waals surface area contributed by atoms with Crippen molar-refractivity contribution in [3.63, 3.8) is 0 Å². The van der Waals surface area contributed by atoms with Gasteiger partial charge in [0, 0.05) is 17.8 Å². The number of pyridine rings is 1. The largest absolute Gasteiger partial charge is 0.465 e. The van der Waals surface area contributed by atoms with E-state index in [9.17, 15) is 9.59 Å². The average molecular weight is 575 g/mol. The molecule has 1 saturated heterocycles. The van der Waals surface area contributed by atoms with Crippen molar-refractivity contribution in [1.29, 1.82) is 0 Å². The van der Waals surface area contributed by atoms with Gasteiger partial charge >= 0.3 is 12.1 Å². The van der Waals surface area contributed by atoms with E-state index in [-0.39, 0.29) is 35.3 Å². The number of halogens is 1. The van der Waals surface area contributed by atoms with Crippen LogP contribution in [0.4, 0.5) is 4.79 Å². The summed E-state index contributed by atoms with van der Waals surface area (Å²) in [4.78, 5) is 31.9. The standard InChI is InChI=1S/C30H43ClN2O5Si/c1-29(2,3)37-28(35)33-23(18-20-10-12-21(13-11-20)27(34)36-7)15-16-24(33)26(22-14-17-25(31)32-19-22)38-39(8,9)30(4,5)6/h10-14,17,19,23-24,26H,15-16,18H2,1-9H3/t23?,24-,26-/m1/s1. The molecule has 1 amide bonds. The summed E-state index contributed by atoms with van der Waals surface area (Å²) in [6.07, 6.45) is 3.20. The molecule has 1 aliphatic heterocycles. The molecule has 1 aromatic carbocycles. The van der Waals surface area contributed by atoms with Crippen molar-refractivity contribution in [3.8, 4) is 0 Å². The Balaban J connectivity index is 2.00. The van der Waals surface area contributed by atoms with E-state index >= 15 is 0 Å². The summed E-state index contributed by atoms with van der Waals surface area (Å²) in [6.45, 7) is 16.7. The maximum absolute atomic E-state index is 13.8. The molecule has 2 heterocycles. The molecule has 214 valence electrons. The minimum atomic E-state index is -2.24. The van der Waals surface area contributed by atoms with Gasteiger partial charge in [-0.25, -0.2) is 14.6 Å². The van der Waals surface area contributed by atoms with Crippen LogP contribution in [0.15, 0.2) is 42.6 Å². The number of hydrogen-bond acceptors (Lipinski definition) is 6. The van der Waals surface area contributed by atoms with Gasteiger partial charge < -0.3 is 13.9 Å². The molecule has 39 heavy (non-hydrogen) atoms. The summed E-state index contributed by atoms with van der Waals surface area (Å²) in [6, 6.07) is 10.7. The van der Waals surface area contributed by atoms with Gasteiger partial charge in [0.25, 0.3) is 0 Å². The topological polar surface area (TPSA) is 78.0 Å². The van der Waals surface area contributed by atoms with Crippen molar-refractivity contribution in [2.45, 2.75) is 103 Å². The van der Waals surface area contributed by atoms with Gasteiger partial charge in [0.1, 0.15) is 10.8 Å². The summed E-state index contributed by atoms with van der Waals surface area (Å²) in [5.41, 5.74) is 1.77. The zero-order valence-electron chi connectivity index (χ0n) is 24.7. The third-order valence-electron chi connectivity index (χ3n) is 7.65. The van der Waals surface area contributed by atoms with Gasteiger partial charge in [-0.2, -0.15) is 0 Å². The van der Waals surface area contributed by atoms with Gasteiger partial charge in [0.15, 0.2) is 8.32 Å². The Morgan fingerprint density at radius 2 is 1.69 bits per heavy atom. The number of methoxy groups -OCH3 is 1. The molecule has 0 aliphatic carbocycles. The number of likely N-dealkylation sites (tertiary alicyclic amines) is 1. The Labute approximate surface area is 239 Å². The van der Waals surface area contributed by atoms with Crippen LogP contribution in [0.25, 0.3) is 0 Å². The summed E-state index contributed by atoms with van der Waals surface area (Å²) >= 11 is 6.13. The van der Waals surface area contributed by atoms with Crippen molar-refractivity contribution in [2.24, 2.45) is 0 Å². The van der Waals surface area contributed by atoms with E-state index in [0.717, 1.165) is 24.0 Å². The fourth-order valence-corrected chi connectivity index (χ4v) is 5.99. The fraction of sp³-hybridized carbons (Fsp3) is 0.567. The second-order valence-corrected chi connectivity index (χ2v) is 17.9. The molecule has 2 aromatic rings. The van der Waals surface area contributed by atoms with Crippen LogP contribution in [0.3, 0.4) is 0 Å². The maximum atomic E-state index is 13.8. The molecular formula is C30H43ClN2O5Si. The second kappa shape index (κ2) is 12.0. The van der Waals surface area contributed by atoms with Gasteiger partial charge in [0.2, 0.25) is 0 Å². The highest BCUT2D eigenvalue weighted by atomic mass is 35.5. The fourth-order valence-electron chi connectivity index (χ4n) is 4.59. The van der Waals surface area contributed by atoms with Crippen LogP contribution in [-0.4, -0.2) is 55.1 Å². The van der Waals surface area contributed by atoms with Crippen LogP contribution in [-0.2, 0) is 20.3 Å². The lowest BCUT2D eigenvalue weighted by Gasteiger charge is -2.43. The number of benzene rings is 1. The van der Waals surface area contributed by atoms with Gasteiger partial charge in [-0.05, 0) is 81.9 Å². The number of carbonyl (C=O) groups excluding carboxylic acids is 2. The predicted molar refractivity (Wildman–Crippen MR) is 157 cm³/mol. The minimum absolute atomic E-state index is 0.0265. The zero-order chi connectivity index (χ0) is 29.2. The lowest BCUT2D eigenvalue weighted by atomic mass is 10.0. The first kappa shape index (κ1) is 31.1. The van der Waals surface area contributed by atoms with Crippen molar-refractivity contribution in [2.75, 3.05) is 7.11 Å². The number of amides is 1. The number of aromatic nitrogens is 1. The van der Waals surface area contributed by atoms with E-state index in [0.29, 0.717) is 17.1 Å². The Bertz CT molecular complexity index is 1140. The third-order valence-corrected chi connectivity index (χ3v) is 12.3. The Kier molecular flexibility index (Phi) is 9.56. The number of rotatable bonds is 7. The van der Waals surface area contributed by atoms with Crippen LogP contribution in [0, 0.1) is 0 Å². The van der Waals surface area contributed by atoms with E-state index in [4.69, 9.17) is 25.5 Å². The van der Waals surface area contributed by atoms with Gasteiger partial charge in [0.05, 0.1) is 24.8 Å². The van der Waals surface area contributed by atoms with Gasteiger partial charge in [-0.1, -0.05) is 50.6 Å². The highest BCUT2D eigenvalue weighted by Crippen LogP contribution is 2.44. The first-order valence-corrected chi connectivity index (χ1v) is 16.8. The van der Waals surface area contributed by atoms with Crippen molar-refractivity contribution in [3.05, 3.63) is 64.4 Å². The smallest absolute Gasteiger partial charge is 0.410 e. The number of nitrogens with zero attached hydrogens (tertiary/aromatic N) is 2. The first-order valence-electron chi connectivity index (χ1n) is 13.5.